The molecule has 21 heavy (non-hydrogen) atoms. The third kappa shape index (κ3) is 1.93. The fraction of sp³-hybridized carbons (Fsp3) is 0.0588. The van der Waals surface area contributed by atoms with Crippen LogP contribution in [0.4, 0.5) is 0 Å². The Morgan fingerprint density at radius 3 is 2.62 bits per heavy atom. The van der Waals surface area contributed by atoms with Gasteiger partial charge in [-0.15, -0.1) is 0 Å². The van der Waals surface area contributed by atoms with Crippen LogP contribution >= 0.6 is 23.4 Å². The highest BCUT2D eigenvalue weighted by Gasteiger charge is 2.39. The molecule has 0 saturated heterocycles. The predicted octanol–water partition coefficient (Wildman–Crippen LogP) is 4.43. The van der Waals surface area contributed by atoms with E-state index in [1.54, 1.807) is 0 Å². The maximum atomic E-state index is 11.3. The van der Waals surface area contributed by atoms with E-state index in [4.69, 9.17) is 11.6 Å². The van der Waals surface area contributed by atoms with Crippen molar-refractivity contribution < 1.29 is 5.11 Å². The summed E-state index contributed by atoms with van der Waals surface area (Å²) in [5.41, 5.74) is 2.72. The van der Waals surface area contributed by atoms with Crippen molar-refractivity contribution in [2.45, 2.75) is 9.83 Å². The lowest BCUT2D eigenvalue weighted by atomic mass is 10.1. The first-order chi connectivity index (χ1) is 10.2. The van der Waals surface area contributed by atoms with Crippen LogP contribution < -0.4 is 0 Å². The highest BCUT2D eigenvalue weighted by molar-refractivity contribution is 8.00. The molecule has 0 fully saturated rings. The molecule has 1 aromatic heterocycles. The zero-order chi connectivity index (χ0) is 14.4. The molecular formula is C17H12ClNOS. The molecule has 0 spiro atoms. The minimum Gasteiger partial charge on any atom is -0.370 e. The lowest BCUT2D eigenvalue weighted by Gasteiger charge is -2.34. The van der Waals surface area contributed by atoms with Crippen LogP contribution in [0.5, 0.6) is 0 Å². The topological polar surface area (TPSA) is 25.2 Å². The van der Waals surface area contributed by atoms with Gasteiger partial charge in [0.05, 0.1) is 11.4 Å². The average Bonchev–Trinajstić information content (AvgIpc) is 3.00. The number of nitrogens with zero attached hydrogens (tertiary/aromatic N) is 1. The van der Waals surface area contributed by atoms with E-state index >= 15 is 0 Å². The van der Waals surface area contributed by atoms with Crippen molar-refractivity contribution in [2.24, 2.45) is 0 Å². The van der Waals surface area contributed by atoms with Crippen LogP contribution in [0.1, 0.15) is 11.3 Å². The van der Waals surface area contributed by atoms with Crippen LogP contribution in [0, 0.1) is 0 Å². The SMILES string of the molecule is O[C@]1(c2ccccc2)Sc2ccc(Cl)cc2-n2cccc21. The normalized spacial score (nSPS) is 19.9. The minimum absolute atomic E-state index is 0.694. The Kier molecular flexibility index (Phi) is 2.89. The molecule has 104 valence electrons. The van der Waals surface area contributed by atoms with Gasteiger partial charge < -0.3 is 9.67 Å². The monoisotopic (exact) mass is 313 g/mol. The molecule has 1 atom stereocenters. The van der Waals surface area contributed by atoms with E-state index in [1.165, 1.54) is 11.8 Å². The molecule has 0 aliphatic carbocycles. The molecule has 4 rings (SSSR count). The van der Waals surface area contributed by atoms with Gasteiger partial charge in [0, 0.05) is 21.7 Å². The van der Waals surface area contributed by atoms with Crippen LogP contribution in [0.2, 0.25) is 5.02 Å². The van der Waals surface area contributed by atoms with E-state index in [0.717, 1.165) is 21.8 Å². The van der Waals surface area contributed by atoms with Crippen molar-refractivity contribution >= 4 is 23.4 Å². The molecule has 2 nitrogen and oxygen atoms in total. The van der Waals surface area contributed by atoms with Crippen molar-refractivity contribution in [2.75, 3.05) is 0 Å². The Labute approximate surface area is 132 Å². The zero-order valence-corrected chi connectivity index (χ0v) is 12.6. The van der Waals surface area contributed by atoms with Gasteiger partial charge in [-0.05, 0) is 30.3 Å². The van der Waals surface area contributed by atoms with Gasteiger partial charge in [0.25, 0.3) is 0 Å². The van der Waals surface area contributed by atoms with Crippen molar-refractivity contribution in [1.82, 2.24) is 4.57 Å². The van der Waals surface area contributed by atoms with Crippen LogP contribution in [-0.2, 0) is 4.93 Å². The predicted molar refractivity (Wildman–Crippen MR) is 86.1 cm³/mol. The van der Waals surface area contributed by atoms with Crippen molar-refractivity contribution in [3.05, 3.63) is 83.1 Å². The van der Waals surface area contributed by atoms with Gasteiger partial charge in [-0.3, -0.25) is 0 Å². The van der Waals surface area contributed by atoms with Crippen LogP contribution in [-0.4, -0.2) is 9.67 Å². The van der Waals surface area contributed by atoms with Gasteiger partial charge in [-0.2, -0.15) is 0 Å². The summed E-state index contributed by atoms with van der Waals surface area (Å²) in [4.78, 5) is -0.0829. The lowest BCUT2D eigenvalue weighted by Crippen LogP contribution is -2.29. The summed E-state index contributed by atoms with van der Waals surface area (Å²) in [7, 11) is 0. The third-order valence-corrected chi connectivity index (χ3v) is 5.24. The molecule has 4 heteroatoms. The maximum absolute atomic E-state index is 11.3. The number of hydrogen-bond acceptors (Lipinski definition) is 2. The molecule has 0 radical (unpaired) electrons. The van der Waals surface area contributed by atoms with Gasteiger partial charge in [0.15, 0.2) is 4.93 Å². The van der Waals surface area contributed by atoms with Crippen molar-refractivity contribution in [1.29, 1.82) is 0 Å². The summed E-state index contributed by atoms with van der Waals surface area (Å²) in [6.45, 7) is 0. The summed E-state index contributed by atoms with van der Waals surface area (Å²) < 4.78 is 2.00. The zero-order valence-electron chi connectivity index (χ0n) is 11.0. The minimum atomic E-state index is -1.09. The number of benzene rings is 2. The van der Waals surface area contributed by atoms with Gasteiger partial charge in [-0.25, -0.2) is 0 Å². The largest absolute Gasteiger partial charge is 0.370 e. The molecule has 0 amide bonds. The number of hydrogen-bond donors (Lipinski definition) is 1. The number of fused-ring (bicyclic) bond motifs is 3. The second-order valence-corrected chi connectivity index (χ2v) is 6.66. The summed E-state index contributed by atoms with van der Waals surface area (Å²) in [5, 5.41) is 12.0. The Morgan fingerprint density at radius 1 is 1.00 bits per heavy atom. The number of aromatic nitrogens is 1. The van der Waals surface area contributed by atoms with E-state index in [1.807, 2.05) is 71.4 Å². The van der Waals surface area contributed by atoms with E-state index in [9.17, 15) is 5.11 Å². The molecular weight excluding hydrogens is 302 g/mol. The van der Waals surface area contributed by atoms with Crippen molar-refractivity contribution in [3.63, 3.8) is 0 Å². The summed E-state index contributed by atoms with van der Waals surface area (Å²) in [6.07, 6.45) is 1.96. The van der Waals surface area contributed by atoms with E-state index in [-0.39, 0.29) is 0 Å². The molecule has 1 aliphatic heterocycles. The molecule has 3 aromatic rings. The fourth-order valence-corrected chi connectivity index (χ4v) is 4.12. The molecule has 1 aliphatic rings. The first kappa shape index (κ1) is 13.0. The Bertz CT molecular complexity index is 815. The standard InChI is InChI=1S/C17H12ClNOS/c18-13-8-9-15-14(11-13)19-10-4-7-16(19)17(20,21-15)12-5-2-1-3-6-12/h1-11,20H/t17-/m1/s1. The number of aliphatic hydroxyl groups is 1. The third-order valence-electron chi connectivity index (χ3n) is 3.70. The van der Waals surface area contributed by atoms with Gasteiger partial charge >= 0.3 is 0 Å². The average molecular weight is 314 g/mol. The first-order valence-electron chi connectivity index (χ1n) is 6.63. The molecule has 0 unspecified atom stereocenters. The number of rotatable bonds is 1. The number of halogens is 1. The first-order valence-corrected chi connectivity index (χ1v) is 7.82. The van der Waals surface area contributed by atoms with Crippen molar-refractivity contribution in [3.8, 4) is 5.69 Å². The Hall–Kier alpha value is -1.68. The number of thioether (sulfide) groups is 1. The molecule has 0 bridgehead atoms. The van der Waals surface area contributed by atoms with Gasteiger partial charge in [0.1, 0.15) is 0 Å². The smallest absolute Gasteiger partial charge is 0.181 e. The van der Waals surface area contributed by atoms with E-state index < -0.39 is 4.93 Å². The summed E-state index contributed by atoms with van der Waals surface area (Å²) in [6, 6.07) is 19.4. The summed E-state index contributed by atoms with van der Waals surface area (Å²) in [5.74, 6) is 0. The second-order valence-electron chi connectivity index (χ2n) is 4.99. The van der Waals surface area contributed by atoms with E-state index in [2.05, 4.69) is 0 Å². The molecule has 2 aromatic carbocycles. The second kappa shape index (κ2) is 4.67. The van der Waals surface area contributed by atoms with Crippen LogP contribution in [0.25, 0.3) is 5.69 Å². The Balaban J connectivity index is 1.97. The Morgan fingerprint density at radius 2 is 1.81 bits per heavy atom. The van der Waals surface area contributed by atoms with Crippen LogP contribution in [0.3, 0.4) is 0 Å². The molecule has 1 N–H and O–H groups in total. The fourth-order valence-electron chi connectivity index (χ4n) is 2.71. The van der Waals surface area contributed by atoms with E-state index in [0.29, 0.717) is 5.02 Å². The molecule has 0 saturated carbocycles. The van der Waals surface area contributed by atoms with Crippen LogP contribution in [0.15, 0.2) is 71.8 Å². The lowest BCUT2D eigenvalue weighted by molar-refractivity contribution is 0.172. The van der Waals surface area contributed by atoms with Gasteiger partial charge in [-0.1, -0.05) is 53.7 Å². The highest BCUT2D eigenvalue weighted by atomic mass is 35.5. The quantitative estimate of drug-likeness (QED) is 0.719. The highest BCUT2D eigenvalue weighted by Crippen LogP contribution is 2.50. The molecule has 2 heterocycles. The maximum Gasteiger partial charge on any atom is 0.181 e. The van der Waals surface area contributed by atoms with Gasteiger partial charge in [0.2, 0.25) is 0 Å². The summed E-state index contributed by atoms with van der Waals surface area (Å²) >= 11 is 7.56.